The molecule has 3 nitrogen and oxygen atoms in total. The standard InChI is InChI=1S/C9H9NO2S.Na/c1-5(11)6-2-3-8(13)7(4-6)9(10)12;/h2-4,13H,1H3,(H2,10,12);. The van der Waals surface area contributed by atoms with E-state index in [0.717, 1.165) is 0 Å². The van der Waals surface area contributed by atoms with E-state index in [2.05, 4.69) is 12.6 Å². The van der Waals surface area contributed by atoms with Gasteiger partial charge in [0.2, 0.25) is 5.91 Å². The summed E-state index contributed by atoms with van der Waals surface area (Å²) in [5.41, 5.74) is 5.82. The van der Waals surface area contributed by atoms with Crippen LogP contribution in [0.1, 0.15) is 27.6 Å². The summed E-state index contributed by atoms with van der Waals surface area (Å²) >= 11 is 4.04. The molecule has 0 spiro atoms. The first-order valence-corrected chi connectivity index (χ1v) is 4.11. The third kappa shape index (κ3) is 3.13. The number of ketones is 1. The molecule has 1 radical (unpaired) electrons. The topological polar surface area (TPSA) is 60.2 Å². The van der Waals surface area contributed by atoms with Crippen LogP contribution < -0.4 is 5.73 Å². The molecule has 5 heteroatoms. The second-order valence-electron chi connectivity index (χ2n) is 2.65. The van der Waals surface area contributed by atoms with Crippen molar-refractivity contribution >= 4 is 53.9 Å². The van der Waals surface area contributed by atoms with Gasteiger partial charge in [-0.25, -0.2) is 0 Å². The van der Waals surface area contributed by atoms with Crippen LogP contribution in [0.3, 0.4) is 0 Å². The van der Waals surface area contributed by atoms with Gasteiger partial charge >= 0.3 is 0 Å². The average Bonchev–Trinajstić information content (AvgIpc) is 2.04. The summed E-state index contributed by atoms with van der Waals surface area (Å²) in [6.45, 7) is 1.43. The van der Waals surface area contributed by atoms with Crippen molar-refractivity contribution in [2.75, 3.05) is 0 Å². The molecular weight excluding hydrogens is 209 g/mol. The van der Waals surface area contributed by atoms with Gasteiger partial charge in [0.15, 0.2) is 5.78 Å². The van der Waals surface area contributed by atoms with Gasteiger partial charge < -0.3 is 5.73 Å². The van der Waals surface area contributed by atoms with Gasteiger partial charge in [0.25, 0.3) is 0 Å². The van der Waals surface area contributed by atoms with E-state index in [-0.39, 0.29) is 40.9 Å². The maximum absolute atomic E-state index is 11.0. The molecule has 1 rings (SSSR count). The first kappa shape index (κ1) is 13.7. The van der Waals surface area contributed by atoms with Crippen molar-refractivity contribution in [2.45, 2.75) is 11.8 Å². The molecule has 1 aromatic rings. The number of hydrogen-bond acceptors (Lipinski definition) is 3. The molecule has 0 aliphatic carbocycles. The van der Waals surface area contributed by atoms with E-state index in [1.807, 2.05) is 0 Å². The first-order valence-electron chi connectivity index (χ1n) is 3.66. The number of Topliss-reactive ketones (excluding diaryl/α,β-unsaturated/α-hetero) is 1. The fraction of sp³-hybridized carbons (Fsp3) is 0.111. The Bertz CT molecular complexity index is 379. The number of hydrogen-bond donors (Lipinski definition) is 2. The van der Waals surface area contributed by atoms with Crippen LogP contribution in [0.4, 0.5) is 0 Å². The van der Waals surface area contributed by atoms with Crippen molar-refractivity contribution in [3.8, 4) is 0 Å². The Morgan fingerprint density at radius 1 is 1.36 bits per heavy atom. The number of carbonyl (C=O) groups excluding carboxylic acids is 2. The zero-order chi connectivity index (χ0) is 10.0. The van der Waals surface area contributed by atoms with Crippen LogP contribution in [-0.4, -0.2) is 41.2 Å². The number of nitrogens with two attached hydrogens (primary N) is 1. The number of primary amides is 1. The summed E-state index contributed by atoms with van der Waals surface area (Å²) in [6.07, 6.45) is 0. The van der Waals surface area contributed by atoms with Crippen LogP contribution in [0.15, 0.2) is 23.1 Å². The largest absolute Gasteiger partial charge is 0.366 e. The Morgan fingerprint density at radius 3 is 2.36 bits per heavy atom. The summed E-state index contributed by atoms with van der Waals surface area (Å²) in [7, 11) is 0. The first-order chi connectivity index (χ1) is 6.02. The molecule has 0 saturated heterocycles. The Labute approximate surface area is 110 Å². The van der Waals surface area contributed by atoms with Gasteiger partial charge in [0.05, 0.1) is 5.56 Å². The van der Waals surface area contributed by atoms with Crippen molar-refractivity contribution in [2.24, 2.45) is 5.73 Å². The fourth-order valence-electron chi connectivity index (χ4n) is 0.952. The second-order valence-corrected chi connectivity index (χ2v) is 3.13. The van der Waals surface area contributed by atoms with Crippen LogP contribution in [0, 0.1) is 0 Å². The van der Waals surface area contributed by atoms with Crippen molar-refractivity contribution < 1.29 is 9.59 Å². The minimum Gasteiger partial charge on any atom is -0.366 e. The summed E-state index contributed by atoms with van der Waals surface area (Å²) in [5, 5.41) is 0. The minimum absolute atomic E-state index is 0. The number of benzene rings is 1. The maximum Gasteiger partial charge on any atom is 0.249 e. The average molecular weight is 218 g/mol. The number of amides is 1. The van der Waals surface area contributed by atoms with Crippen LogP contribution in [0.25, 0.3) is 0 Å². The number of thiol groups is 1. The Hall–Kier alpha value is -0.290. The maximum atomic E-state index is 11.0. The van der Waals surface area contributed by atoms with E-state index in [0.29, 0.717) is 10.5 Å². The predicted molar refractivity (Wildman–Crippen MR) is 58.0 cm³/mol. The van der Waals surface area contributed by atoms with Gasteiger partial charge in [0.1, 0.15) is 0 Å². The van der Waals surface area contributed by atoms with Crippen molar-refractivity contribution in [3.05, 3.63) is 29.3 Å². The molecule has 1 amide bonds. The molecule has 1 aromatic carbocycles. The Morgan fingerprint density at radius 2 is 1.93 bits per heavy atom. The smallest absolute Gasteiger partial charge is 0.249 e. The van der Waals surface area contributed by atoms with Gasteiger partial charge in [0, 0.05) is 40.0 Å². The molecule has 0 aliphatic heterocycles. The number of carbonyl (C=O) groups is 2. The van der Waals surface area contributed by atoms with Crippen molar-refractivity contribution in [1.82, 2.24) is 0 Å². The van der Waals surface area contributed by atoms with E-state index in [1.54, 1.807) is 12.1 Å². The molecule has 0 heterocycles. The molecule has 0 bridgehead atoms. The molecule has 0 saturated carbocycles. The van der Waals surface area contributed by atoms with Gasteiger partial charge in [-0.15, -0.1) is 12.6 Å². The van der Waals surface area contributed by atoms with E-state index in [4.69, 9.17) is 5.73 Å². The van der Waals surface area contributed by atoms with Crippen LogP contribution in [0.5, 0.6) is 0 Å². The third-order valence-corrected chi connectivity index (χ3v) is 2.06. The van der Waals surface area contributed by atoms with Crippen LogP contribution in [0.2, 0.25) is 0 Å². The fourth-order valence-corrected chi connectivity index (χ4v) is 1.20. The molecule has 14 heavy (non-hydrogen) atoms. The molecule has 2 N–H and O–H groups in total. The van der Waals surface area contributed by atoms with E-state index in [1.165, 1.54) is 13.0 Å². The Balaban J connectivity index is 0.00000169. The molecule has 0 unspecified atom stereocenters. The summed E-state index contributed by atoms with van der Waals surface area (Å²) < 4.78 is 0. The minimum atomic E-state index is -0.576. The van der Waals surface area contributed by atoms with Crippen LogP contribution in [-0.2, 0) is 0 Å². The van der Waals surface area contributed by atoms with Gasteiger partial charge in [-0.1, -0.05) is 6.07 Å². The van der Waals surface area contributed by atoms with Crippen molar-refractivity contribution in [3.63, 3.8) is 0 Å². The van der Waals surface area contributed by atoms with Gasteiger partial charge in [-0.3, -0.25) is 9.59 Å². The summed E-state index contributed by atoms with van der Waals surface area (Å²) in [5.74, 6) is -0.677. The zero-order valence-corrected chi connectivity index (χ0v) is 11.0. The molecule has 0 atom stereocenters. The van der Waals surface area contributed by atoms with Gasteiger partial charge in [-0.05, 0) is 19.1 Å². The summed E-state index contributed by atoms with van der Waals surface area (Å²) in [6, 6.07) is 4.64. The quantitative estimate of drug-likeness (QED) is 0.440. The van der Waals surface area contributed by atoms with Crippen molar-refractivity contribution in [1.29, 1.82) is 0 Å². The molecule has 0 aromatic heterocycles. The third-order valence-electron chi connectivity index (χ3n) is 1.67. The Kier molecular flexibility index (Phi) is 5.44. The second kappa shape index (κ2) is 5.56. The SMILES string of the molecule is CC(=O)c1ccc(S)c(C(N)=O)c1.[Na]. The molecule has 69 valence electrons. The molecular formula is C9H9NNaO2S. The normalized spacial score (nSPS) is 9.00. The van der Waals surface area contributed by atoms with E-state index in [9.17, 15) is 9.59 Å². The molecule has 0 fully saturated rings. The predicted octanol–water partition coefficient (Wildman–Crippen LogP) is 0.896. The monoisotopic (exact) mass is 218 g/mol. The number of rotatable bonds is 2. The van der Waals surface area contributed by atoms with Gasteiger partial charge in [-0.2, -0.15) is 0 Å². The van der Waals surface area contributed by atoms with Crippen LogP contribution >= 0.6 is 12.6 Å². The zero-order valence-electron chi connectivity index (χ0n) is 8.07. The van der Waals surface area contributed by atoms with E-state index < -0.39 is 5.91 Å². The molecule has 0 aliphatic rings. The summed E-state index contributed by atoms with van der Waals surface area (Å²) in [4.78, 5) is 22.3. The van der Waals surface area contributed by atoms with E-state index >= 15 is 0 Å².